The second kappa shape index (κ2) is 4.50. The van der Waals surface area contributed by atoms with Gasteiger partial charge in [-0.05, 0) is 18.6 Å². The van der Waals surface area contributed by atoms with Crippen molar-refractivity contribution in [1.29, 1.82) is 0 Å². The number of rotatable bonds is 3. The van der Waals surface area contributed by atoms with Gasteiger partial charge in [0.05, 0.1) is 11.0 Å². The topological polar surface area (TPSA) is 72.6 Å². The molecule has 0 saturated carbocycles. The quantitative estimate of drug-likeness (QED) is 0.776. The molecular formula is C10H14N2O3S. The van der Waals surface area contributed by atoms with Crippen LogP contribution in [0.2, 0.25) is 0 Å². The first-order valence-corrected chi connectivity index (χ1v) is 6.49. The molecule has 5 nitrogen and oxygen atoms in total. The zero-order valence-electron chi connectivity index (χ0n) is 8.74. The van der Waals surface area contributed by atoms with E-state index in [0.717, 1.165) is 0 Å². The Morgan fingerprint density at radius 3 is 2.56 bits per heavy atom. The van der Waals surface area contributed by atoms with Gasteiger partial charge in [0, 0.05) is 13.1 Å². The van der Waals surface area contributed by atoms with Gasteiger partial charge in [-0.2, -0.15) is 4.31 Å². The highest BCUT2D eigenvalue weighted by Crippen LogP contribution is 2.21. The lowest BCUT2D eigenvalue weighted by atomic mass is 10.3. The van der Waals surface area contributed by atoms with E-state index in [0.29, 0.717) is 24.4 Å². The van der Waals surface area contributed by atoms with Crippen molar-refractivity contribution in [1.82, 2.24) is 4.31 Å². The summed E-state index contributed by atoms with van der Waals surface area (Å²) in [7, 11) is -3.38. The number of hydrogen-bond donors (Lipinski definition) is 1. The van der Waals surface area contributed by atoms with E-state index < -0.39 is 10.0 Å². The molecule has 1 aromatic rings. The van der Waals surface area contributed by atoms with Crippen LogP contribution in [0.3, 0.4) is 0 Å². The highest BCUT2D eigenvalue weighted by Gasteiger charge is 2.32. The lowest BCUT2D eigenvalue weighted by Gasteiger charge is -2.15. The fraction of sp³-hybridized carbons (Fsp3) is 0.400. The van der Waals surface area contributed by atoms with E-state index in [1.807, 2.05) is 0 Å². The Bertz CT molecular complexity index is 446. The highest BCUT2D eigenvalue weighted by molar-refractivity contribution is 7.89. The van der Waals surface area contributed by atoms with E-state index in [1.165, 1.54) is 4.31 Å². The molecule has 1 aliphatic heterocycles. The molecule has 1 saturated heterocycles. The van der Waals surface area contributed by atoms with Crippen molar-refractivity contribution >= 4 is 10.0 Å². The van der Waals surface area contributed by atoms with Crippen LogP contribution in [0, 0.1) is 0 Å². The Labute approximate surface area is 94.8 Å². The number of sulfonamides is 1. The summed E-state index contributed by atoms with van der Waals surface area (Å²) in [5.41, 5.74) is 0. The van der Waals surface area contributed by atoms with Crippen molar-refractivity contribution in [2.24, 2.45) is 5.90 Å². The second-order valence-corrected chi connectivity index (χ2v) is 5.66. The zero-order valence-corrected chi connectivity index (χ0v) is 9.56. The summed E-state index contributed by atoms with van der Waals surface area (Å²) in [4.78, 5) is 4.98. The predicted octanol–water partition coefficient (Wildman–Crippen LogP) is 0.340. The van der Waals surface area contributed by atoms with E-state index in [4.69, 9.17) is 5.90 Å². The Morgan fingerprint density at radius 1 is 1.31 bits per heavy atom. The van der Waals surface area contributed by atoms with Crippen LogP contribution in [0.25, 0.3) is 0 Å². The second-order valence-electron chi connectivity index (χ2n) is 3.72. The third-order valence-electron chi connectivity index (χ3n) is 2.68. The van der Waals surface area contributed by atoms with Crippen molar-refractivity contribution in [3.05, 3.63) is 30.3 Å². The molecule has 1 aromatic carbocycles. The molecule has 6 heteroatoms. The van der Waals surface area contributed by atoms with Crippen LogP contribution in [0.5, 0.6) is 0 Å². The van der Waals surface area contributed by atoms with E-state index in [9.17, 15) is 8.42 Å². The molecule has 0 spiro atoms. The van der Waals surface area contributed by atoms with Gasteiger partial charge < -0.3 is 0 Å². The van der Waals surface area contributed by atoms with E-state index in [1.54, 1.807) is 30.3 Å². The average molecular weight is 242 g/mol. The number of hydrogen-bond acceptors (Lipinski definition) is 4. The molecule has 0 bridgehead atoms. The first kappa shape index (κ1) is 11.5. The number of nitrogens with zero attached hydrogens (tertiary/aromatic N) is 1. The van der Waals surface area contributed by atoms with Crippen LogP contribution in [0.15, 0.2) is 35.2 Å². The number of nitrogens with two attached hydrogens (primary N) is 1. The Kier molecular flexibility index (Phi) is 3.25. The molecule has 1 aliphatic rings. The van der Waals surface area contributed by atoms with Crippen LogP contribution < -0.4 is 5.90 Å². The zero-order chi connectivity index (χ0) is 11.6. The van der Waals surface area contributed by atoms with Crippen LogP contribution >= 0.6 is 0 Å². The van der Waals surface area contributed by atoms with E-state index in [2.05, 4.69) is 4.84 Å². The maximum Gasteiger partial charge on any atom is 0.243 e. The Morgan fingerprint density at radius 2 is 2.00 bits per heavy atom. The first-order chi connectivity index (χ1) is 7.64. The molecule has 2 rings (SSSR count). The molecule has 0 amide bonds. The van der Waals surface area contributed by atoms with Gasteiger partial charge in [0.2, 0.25) is 10.0 Å². The monoisotopic (exact) mass is 242 g/mol. The van der Waals surface area contributed by atoms with Gasteiger partial charge in [-0.25, -0.2) is 14.3 Å². The lowest BCUT2D eigenvalue weighted by Crippen LogP contribution is -2.30. The molecule has 0 aromatic heterocycles. The van der Waals surface area contributed by atoms with Crippen LogP contribution in [0.4, 0.5) is 0 Å². The molecule has 1 fully saturated rings. The van der Waals surface area contributed by atoms with E-state index in [-0.39, 0.29) is 6.10 Å². The SMILES string of the molecule is NOC1CCN(S(=O)(=O)c2ccccc2)C1. The summed E-state index contributed by atoms with van der Waals surface area (Å²) < 4.78 is 25.7. The largest absolute Gasteiger partial charge is 0.300 e. The molecular weight excluding hydrogens is 228 g/mol. The minimum atomic E-state index is -3.38. The molecule has 1 atom stereocenters. The maximum atomic E-state index is 12.1. The summed E-state index contributed by atoms with van der Waals surface area (Å²) in [6.45, 7) is 0.785. The van der Waals surface area contributed by atoms with Crippen molar-refractivity contribution in [2.75, 3.05) is 13.1 Å². The summed E-state index contributed by atoms with van der Waals surface area (Å²) >= 11 is 0. The fourth-order valence-electron chi connectivity index (χ4n) is 1.77. The summed E-state index contributed by atoms with van der Waals surface area (Å²) in [6.07, 6.45) is 0.446. The van der Waals surface area contributed by atoms with E-state index >= 15 is 0 Å². The van der Waals surface area contributed by atoms with Gasteiger partial charge in [-0.3, -0.25) is 4.84 Å². The smallest absolute Gasteiger partial charge is 0.243 e. The minimum absolute atomic E-state index is 0.196. The highest BCUT2D eigenvalue weighted by atomic mass is 32.2. The average Bonchev–Trinajstić information content (AvgIpc) is 2.79. The van der Waals surface area contributed by atoms with Gasteiger partial charge in [0.1, 0.15) is 0 Å². The summed E-state index contributed by atoms with van der Waals surface area (Å²) in [5.74, 6) is 5.06. The molecule has 1 unspecified atom stereocenters. The third-order valence-corrected chi connectivity index (χ3v) is 4.56. The van der Waals surface area contributed by atoms with Crippen LogP contribution in [-0.4, -0.2) is 31.9 Å². The molecule has 16 heavy (non-hydrogen) atoms. The third kappa shape index (κ3) is 2.10. The molecule has 1 heterocycles. The standard InChI is InChI=1S/C10H14N2O3S/c11-15-9-6-7-12(8-9)16(13,14)10-4-2-1-3-5-10/h1-5,9H,6-8,11H2. The molecule has 2 N–H and O–H groups in total. The van der Waals surface area contributed by atoms with Crippen molar-refractivity contribution in [2.45, 2.75) is 17.4 Å². The molecule has 0 aliphatic carbocycles. The van der Waals surface area contributed by atoms with Crippen molar-refractivity contribution < 1.29 is 13.3 Å². The minimum Gasteiger partial charge on any atom is -0.300 e. The normalized spacial score (nSPS) is 22.4. The van der Waals surface area contributed by atoms with Crippen LogP contribution in [0.1, 0.15) is 6.42 Å². The van der Waals surface area contributed by atoms with Crippen molar-refractivity contribution in [3.63, 3.8) is 0 Å². The van der Waals surface area contributed by atoms with Gasteiger partial charge in [0.15, 0.2) is 0 Å². The number of benzene rings is 1. The Hall–Kier alpha value is -0.950. The predicted molar refractivity (Wildman–Crippen MR) is 58.9 cm³/mol. The van der Waals surface area contributed by atoms with Gasteiger partial charge in [0.25, 0.3) is 0 Å². The van der Waals surface area contributed by atoms with Crippen LogP contribution in [-0.2, 0) is 14.9 Å². The van der Waals surface area contributed by atoms with Gasteiger partial charge in [-0.1, -0.05) is 18.2 Å². The lowest BCUT2D eigenvalue weighted by molar-refractivity contribution is 0.0642. The molecule has 0 radical (unpaired) electrons. The summed E-state index contributed by atoms with van der Waals surface area (Å²) in [5, 5.41) is 0. The van der Waals surface area contributed by atoms with Crippen molar-refractivity contribution in [3.8, 4) is 0 Å². The maximum absolute atomic E-state index is 12.1. The first-order valence-electron chi connectivity index (χ1n) is 5.05. The summed E-state index contributed by atoms with van der Waals surface area (Å²) in [6, 6.07) is 8.38. The van der Waals surface area contributed by atoms with Gasteiger partial charge >= 0.3 is 0 Å². The Balaban J connectivity index is 2.21. The fourth-order valence-corrected chi connectivity index (χ4v) is 3.28. The van der Waals surface area contributed by atoms with Gasteiger partial charge in [-0.15, -0.1) is 0 Å². The molecule has 88 valence electrons.